The molecule has 0 aromatic heterocycles. The number of ether oxygens (including phenoxy) is 1. The highest BCUT2D eigenvalue weighted by molar-refractivity contribution is 5.75. The summed E-state index contributed by atoms with van der Waals surface area (Å²) in [6.07, 6.45) is 2.67. The second-order valence-corrected chi connectivity index (χ2v) is 4.26. The Morgan fingerprint density at radius 1 is 1.31 bits per heavy atom. The van der Waals surface area contributed by atoms with E-state index in [0.717, 1.165) is 12.3 Å². The molecule has 0 aromatic carbocycles. The van der Waals surface area contributed by atoms with Gasteiger partial charge in [0.2, 0.25) is 0 Å². The van der Waals surface area contributed by atoms with E-state index in [0.29, 0.717) is 11.8 Å². The van der Waals surface area contributed by atoms with Gasteiger partial charge in [-0.2, -0.15) is 0 Å². The quantitative estimate of drug-likeness (QED) is 0.537. The lowest BCUT2D eigenvalue weighted by atomic mass is 9.77. The van der Waals surface area contributed by atoms with Crippen molar-refractivity contribution < 1.29 is 9.53 Å². The third-order valence-corrected chi connectivity index (χ3v) is 3.86. The molecule has 5 atom stereocenters. The van der Waals surface area contributed by atoms with Crippen LogP contribution in [-0.2, 0) is 9.53 Å². The van der Waals surface area contributed by atoms with Gasteiger partial charge in [0.15, 0.2) is 0 Å². The van der Waals surface area contributed by atoms with Crippen LogP contribution in [-0.4, -0.2) is 12.1 Å². The molecule has 74 valence electrons. The highest BCUT2D eigenvalue weighted by Crippen LogP contribution is 2.56. The maximum atomic E-state index is 11.2. The Morgan fingerprint density at radius 2 is 2.00 bits per heavy atom. The van der Waals surface area contributed by atoms with Crippen LogP contribution in [0.15, 0.2) is 0 Å². The van der Waals surface area contributed by atoms with Crippen LogP contribution in [0, 0.1) is 23.7 Å². The summed E-state index contributed by atoms with van der Waals surface area (Å²) in [5, 5.41) is 0. The minimum atomic E-state index is 0.0897. The van der Waals surface area contributed by atoms with Crippen molar-refractivity contribution in [1.29, 1.82) is 0 Å². The number of esters is 1. The van der Waals surface area contributed by atoms with Crippen molar-refractivity contribution in [3.8, 4) is 0 Å². The summed E-state index contributed by atoms with van der Waals surface area (Å²) < 4.78 is 5.31. The molecule has 2 heterocycles. The highest BCUT2D eigenvalue weighted by atomic mass is 16.5. The Bertz CT molecular complexity index is 220. The van der Waals surface area contributed by atoms with Crippen LogP contribution in [0.3, 0.4) is 0 Å². The number of rotatable bonds is 0. The lowest BCUT2D eigenvalue weighted by molar-refractivity contribution is -0.176. The van der Waals surface area contributed by atoms with E-state index >= 15 is 0 Å². The number of carbonyl (C=O) groups is 1. The first-order chi connectivity index (χ1) is 6.27. The summed E-state index contributed by atoms with van der Waals surface area (Å²) in [5.74, 6) is 2.41. The molecule has 2 saturated heterocycles. The minimum Gasteiger partial charge on any atom is -0.462 e. The molecule has 2 nitrogen and oxygen atoms in total. The van der Waals surface area contributed by atoms with Gasteiger partial charge in [-0.3, -0.25) is 4.79 Å². The van der Waals surface area contributed by atoms with Gasteiger partial charge in [-0.05, 0) is 30.6 Å². The lowest BCUT2D eigenvalue weighted by Crippen LogP contribution is -2.44. The molecule has 2 heteroatoms. The maximum absolute atomic E-state index is 11.2. The van der Waals surface area contributed by atoms with Crippen molar-refractivity contribution >= 4 is 5.97 Å². The van der Waals surface area contributed by atoms with E-state index in [4.69, 9.17) is 4.74 Å². The van der Waals surface area contributed by atoms with Crippen LogP contribution in [0.2, 0.25) is 0 Å². The zero-order chi connectivity index (χ0) is 9.59. The molecule has 4 rings (SSSR count). The molecule has 0 amide bonds. The highest BCUT2D eigenvalue weighted by Gasteiger charge is 2.59. The first-order valence-corrected chi connectivity index (χ1v) is 5.48. The normalized spacial score (nSPS) is 50.1. The first-order valence-electron chi connectivity index (χ1n) is 5.48. The van der Waals surface area contributed by atoms with Gasteiger partial charge < -0.3 is 4.74 Å². The Balaban J connectivity index is 0.000000308. The van der Waals surface area contributed by atoms with Gasteiger partial charge in [-0.15, -0.1) is 0 Å². The van der Waals surface area contributed by atoms with Gasteiger partial charge >= 0.3 is 5.97 Å². The Labute approximate surface area is 79.7 Å². The van der Waals surface area contributed by atoms with Crippen LogP contribution in [0.25, 0.3) is 0 Å². The van der Waals surface area contributed by atoms with E-state index in [2.05, 4.69) is 6.92 Å². The SMILES string of the molecule is CC.CC1C2CC3CC2C(=O)OC31. The molecular weight excluding hydrogens is 164 g/mol. The molecule has 5 unspecified atom stereocenters. The van der Waals surface area contributed by atoms with Gasteiger partial charge in [0, 0.05) is 0 Å². The fourth-order valence-corrected chi connectivity index (χ4v) is 3.33. The van der Waals surface area contributed by atoms with Crippen molar-refractivity contribution in [2.75, 3.05) is 0 Å². The van der Waals surface area contributed by atoms with E-state index < -0.39 is 0 Å². The summed E-state index contributed by atoms with van der Waals surface area (Å²) in [7, 11) is 0. The molecule has 0 radical (unpaired) electrons. The molecule has 0 aromatic rings. The van der Waals surface area contributed by atoms with Crippen molar-refractivity contribution in [1.82, 2.24) is 0 Å². The monoisotopic (exact) mass is 182 g/mol. The van der Waals surface area contributed by atoms with E-state index in [1.807, 2.05) is 13.8 Å². The van der Waals surface area contributed by atoms with Gasteiger partial charge in [0.1, 0.15) is 6.10 Å². The summed E-state index contributed by atoms with van der Waals surface area (Å²) >= 11 is 0. The third-order valence-electron chi connectivity index (χ3n) is 3.86. The van der Waals surface area contributed by atoms with E-state index in [1.165, 1.54) is 6.42 Å². The second kappa shape index (κ2) is 3.00. The molecule has 4 fully saturated rings. The minimum absolute atomic E-state index is 0.0897. The molecule has 4 aliphatic rings. The lowest BCUT2D eigenvalue weighted by Gasteiger charge is -2.38. The van der Waals surface area contributed by atoms with E-state index in [9.17, 15) is 4.79 Å². The first kappa shape index (κ1) is 9.04. The topological polar surface area (TPSA) is 26.3 Å². The Kier molecular flexibility index (Phi) is 2.09. The average molecular weight is 182 g/mol. The molecule has 0 N–H and O–H groups in total. The molecule has 2 aliphatic carbocycles. The predicted molar refractivity (Wildman–Crippen MR) is 50.1 cm³/mol. The maximum Gasteiger partial charge on any atom is 0.309 e. The van der Waals surface area contributed by atoms with Crippen LogP contribution >= 0.6 is 0 Å². The molecule has 4 bridgehead atoms. The van der Waals surface area contributed by atoms with Crippen LogP contribution < -0.4 is 0 Å². The third kappa shape index (κ3) is 1.04. The summed E-state index contributed by atoms with van der Waals surface area (Å²) in [6, 6.07) is 0. The predicted octanol–water partition coefficient (Wildman–Crippen LogP) is 2.23. The van der Waals surface area contributed by atoms with Crippen LogP contribution in [0.5, 0.6) is 0 Å². The molecule has 2 aliphatic heterocycles. The smallest absolute Gasteiger partial charge is 0.309 e. The zero-order valence-electron chi connectivity index (χ0n) is 8.62. The van der Waals surface area contributed by atoms with Crippen molar-refractivity contribution in [3.63, 3.8) is 0 Å². The summed E-state index contributed by atoms with van der Waals surface area (Å²) in [6.45, 7) is 6.23. The average Bonchev–Trinajstić information content (AvgIpc) is 2.66. The molecule has 13 heavy (non-hydrogen) atoms. The Hall–Kier alpha value is -0.530. The second-order valence-electron chi connectivity index (χ2n) is 4.26. The number of fused-ring (bicyclic) bond motifs is 1. The standard InChI is InChI=1S/C9H12O2.C2H6/c1-4-6-2-5-3-7(6)9(10)11-8(4)5;1-2/h4-8H,2-3H2,1H3;1-2H3. The zero-order valence-corrected chi connectivity index (χ0v) is 8.62. The van der Waals surface area contributed by atoms with Crippen molar-refractivity contribution in [3.05, 3.63) is 0 Å². The molecular formula is C11H18O2. The summed E-state index contributed by atoms with van der Waals surface area (Å²) in [5.41, 5.74) is 0. The van der Waals surface area contributed by atoms with E-state index in [-0.39, 0.29) is 18.0 Å². The largest absolute Gasteiger partial charge is 0.462 e. The fraction of sp³-hybridized carbons (Fsp3) is 0.909. The molecule has 2 saturated carbocycles. The van der Waals surface area contributed by atoms with Crippen molar-refractivity contribution in [2.24, 2.45) is 23.7 Å². The van der Waals surface area contributed by atoms with Gasteiger partial charge in [0.05, 0.1) is 5.92 Å². The van der Waals surface area contributed by atoms with Gasteiger partial charge in [-0.1, -0.05) is 20.8 Å². The van der Waals surface area contributed by atoms with Gasteiger partial charge in [-0.25, -0.2) is 0 Å². The Morgan fingerprint density at radius 3 is 2.46 bits per heavy atom. The number of carbonyl (C=O) groups excluding carboxylic acids is 1. The number of hydrogen-bond donors (Lipinski definition) is 0. The van der Waals surface area contributed by atoms with Crippen LogP contribution in [0.1, 0.15) is 33.6 Å². The number of hydrogen-bond acceptors (Lipinski definition) is 2. The summed E-state index contributed by atoms with van der Waals surface area (Å²) in [4.78, 5) is 11.2. The van der Waals surface area contributed by atoms with Crippen molar-refractivity contribution in [2.45, 2.75) is 39.7 Å². The fourth-order valence-electron chi connectivity index (χ4n) is 3.33. The molecule has 0 spiro atoms. The van der Waals surface area contributed by atoms with E-state index in [1.54, 1.807) is 0 Å². The van der Waals surface area contributed by atoms with Gasteiger partial charge in [0.25, 0.3) is 0 Å². The van der Waals surface area contributed by atoms with Crippen LogP contribution in [0.4, 0.5) is 0 Å².